The van der Waals surface area contributed by atoms with E-state index in [1.165, 1.54) is 32.0 Å². The molecule has 1 atom stereocenters. The summed E-state index contributed by atoms with van der Waals surface area (Å²) in [7, 11) is 0. The van der Waals surface area contributed by atoms with Crippen LogP contribution in [0.15, 0.2) is 18.2 Å². The molecule has 108 valence electrons. The molecule has 0 amide bonds. The number of anilines is 1. The quantitative estimate of drug-likeness (QED) is 0.653. The average Bonchev–Trinajstić information content (AvgIpc) is 3.09. The molecule has 0 aliphatic carbocycles. The molecule has 1 unspecified atom stereocenters. The number of rotatable bonds is 3. The molecule has 3 rings (SSSR count). The van der Waals surface area contributed by atoms with Crippen molar-refractivity contribution < 1.29 is 4.39 Å². The van der Waals surface area contributed by atoms with Crippen LogP contribution in [0.1, 0.15) is 24.8 Å². The van der Waals surface area contributed by atoms with Gasteiger partial charge in [0.2, 0.25) is 0 Å². The number of nitrogens with zero attached hydrogens (tertiary/aromatic N) is 2. The number of halogens is 1. The van der Waals surface area contributed by atoms with Gasteiger partial charge in [-0.2, -0.15) is 0 Å². The monoisotopic (exact) mass is 276 g/mol. The van der Waals surface area contributed by atoms with Gasteiger partial charge in [-0.05, 0) is 44.5 Å². The zero-order chi connectivity index (χ0) is 14.1. The highest BCUT2D eigenvalue weighted by molar-refractivity contribution is 6.00. The second-order valence-corrected chi connectivity index (χ2v) is 5.68. The van der Waals surface area contributed by atoms with E-state index in [9.17, 15) is 4.39 Å². The van der Waals surface area contributed by atoms with E-state index in [2.05, 4.69) is 9.80 Å². The Hall–Kier alpha value is -1.62. The van der Waals surface area contributed by atoms with Crippen molar-refractivity contribution in [3.8, 4) is 0 Å². The Morgan fingerprint density at radius 2 is 2.00 bits per heavy atom. The molecule has 0 aromatic heterocycles. The summed E-state index contributed by atoms with van der Waals surface area (Å²) in [5.74, 6) is -0.595. The second-order valence-electron chi connectivity index (χ2n) is 5.68. The van der Waals surface area contributed by atoms with Crippen LogP contribution in [0, 0.1) is 11.2 Å². The van der Waals surface area contributed by atoms with E-state index < -0.39 is 5.82 Å². The minimum atomic E-state index is -0.403. The van der Waals surface area contributed by atoms with E-state index in [1.807, 2.05) is 6.07 Å². The lowest BCUT2D eigenvalue weighted by Gasteiger charge is -2.25. The fraction of sp³-hybridized carbons (Fsp3) is 0.533. The first-order valence-electron chi connectivity index (χ1n) is 7.28. The third-order valence-corrected chi connectivity index (χ3v) is 4.42. The third-order valence-electron chi connectivity index (χ3n) is 4.42. The Morgan fingerprint density at radius 1 is 1.25 bits per heavy atom. The number of nitrogens with two attached hydrogens (primary N) is 1. The van der Waals surface area contributed by atoms with Crippen molar-refractivity contribution in [2.24, 2.45) is 5.73 Å². The predicted molar refractivity (Wildman–Crippen MR) is 78.8 cm³/mol. The molecule has 5 heteroatoms. The van der Waals surface area contributed by atoms with E-state index in [0.717, 1.165) is 25.2 Å². The first-order chi connectivity index (χ1) is 9.66. The summed E-state index contributed by atoms with van der Waals surface area (Å²) in [5, 5.41) is 7.60. The van der Waals surface area contributed by atoms with Gasteiger partial charge in [0.1, 0.15) is 11.7 Å². The minimum Gasteiger partial charge on any atom is -0.384 e. The Labute approximate surface area is 118 Å². The minimum absolute atomic E-state index is 0.192. The first-order valence-corrected chi connectivity index (χ1v) is 7.28. The van der Waals surface area contributed by atoms with Gasteiger partial charge in [-0.25, -0.2) is 4.39 Å². The molecular formula is C15H21FN4. The van der Waals surface area contributed by atoms with Crippen LogP contribution in [0.4, 0.5) is 10.1 Å². The Kier molecular flexibility index (Phi) is 3.61. The highest BCUT2D eigenvalue weighted by Gasteiger charge is 2.30. The summed E-state index contributed by atoms with van der Waals surface area (Å²) in [6, 6.07) is 5.49. The van der Waals surface area contributed by atoms with Gasteiger partial charge in [0.05, 0.1) is 11.3 Å². The highest BCUT2D eigenvalue weighted by atomic mass is 19.1. The van der Waals surface area contributed by atoms with Gasteiger partial charge in [0, 0.05) is 19.1 Å². The van der Waals surface area contributed by atoms with Crippen molar-refractivity contribution in [3.05, 3.63) is 29.6 Å². The maximum Gasteiger partial charge on any atom is 0.136 e. The summed E-state index contributed by atoms with van der Waals surface area (Å²) in [5.41, 5.74) is 6.55. The van der Waals surface area contributed by atoms with Crippen molar-refractivity contribution >= 4 is 11.5 Å². The van der Waals surface area contributed by atoms with E-state index >= 15 is 0 Å². The van der Waals surface area contributed by atoms with Crippen LogP contribution in [-0.2, 0) is 0 Å². The smallest absolute Gasteiger partial charge is 0.136 e. The molecule has 0 spiro atoms. The van der Waals surface area contributed by atoms with Crippen LogP contribution >= 0.6 is 0 Å². The van der Waals surface area contributed by atoms with Crippen LogP contribution < -0.4 is 10.6 Å². The van der Waals surface area contributed by atoms with E-state index in [4.69, 9.17) is 11.1 Å². The molecule has 0 bridgehead atoms. The average molecular weight is 276 g/mol. The molecule has 2 fully saturated rings. The second kappa shape index (κ2) is 5.40. The van der Waals surface area contributed by atoms with Crippen LogP contribution in [0.2, 0.25) is 0 Å². The Morgan fingerprint density at radius 3 is 2.70 bits per heavy atom. The molecule has 2 saturated heterocycles. The fourth-order valence-electron chi connectivity index (χ4n) is 3.41. The van der Waals surface area contributed by atoms with Crippen molar-refractivity contribution in [1.82, 2.24) is 4.90 Å². The number of hydrogen-bond donors (Lipinski definition) is 2. The molecule has 2 aliphatic heterocycles. The van der Waals surface area contributed by atoms with Crippen molar-refractivity contribution in [2.45, 2.75) is 25.3 Å². The van der Waals surface area contributed by atoms with Crippen molar-refractivity contribution in [2.75, 3.05) is 31.1 Å². The van der Waals surface area contributed by atoms with Crippen LogP contribution in [0.5, 0.6) is 0 Å². The lowest BCUT2D eigenvalue weighted by atomic mass is 10.1. The molecule has 2 heterocycles. The number of nitrogens with one attached hydrogen (secondary N) is 1. The number of likely N-dealkylation sites (tertiary alicyclic amines) is 1. The summed E-state index contributed by atoms with van der Waals surface area (Å²) >= 11 is 0. The van der Waals surface area contributed by atoms with E-state index in [1.54, 1.807) is 6.07 Å². The molecular weight excluding hydrogens is 255 g/mol. The SMILES string of the molecule is N=C(N)c1c(F)cccc1N1CCC(N2CCCC2)C1. The first kappa shape index (κ1) is 13.4. The third kappa shape index (κ3) is 2.38. The Balaban J connectivity index is 1.80. The van der Waals surface area contributed by atoms with Crippen LogP contribution in [0.25, 0.3) is 0 Å². The maximum absolute atomic E-state index is 13.9. The topological polar surface area (TPSA) is 56.4 Å². The summed E-state index contributed by atoms with van der Waals surface area (Å²) in [4.78, 5) is 4.70. The van der Waals surface area contributed by atoms with Gasteiger partial charge in [0.15, 0.2) is 0 Å². The largest absolute Gasteiger partial charge is 0.384 e. The van der Waals surface area contributed by atoms with Crippen LogP contribution in [0.3, 0.4) is 0 Å². The molecule has 4 nitrogen and oxygen atoms in total. The van der Waals surface area contributed by atoms with Crippen molar-refractivity contribution in [3.63, 3.8) is 0 Å². The van der Waals surface area contributed by atoms with Gasteiger partial charge in [-0.1, -0.05) is 6.07 Å². The molecule has 3 N–H and O–H groups in total. The lowest BCUT2D eigenvalue weighted by molar-refractivity contribution is 0.260. The molecule has 20 heavy (non-hydrogen) atoms. The number of hydrogen-bond acceptors (Lipinski definition) is 3. The standard InChI is InChI=1S/C15H21FN4/c16-12-4-3-5-13(14(12)15(17)18)20-9-6-11(10-20)19-7-1-2-8-19/h3-5,11H,1-2,6-10H2,(H3,17,18). The molecule has 1 aromatic carbocycles. The van der Waals surface area contributed by atoms with Crippen LogP contribution in [-0.4, -0.2) is 43.0 Å². The van der Waals surface area contributed by atoms with Gasteiger partial charge >= 0.3 is 0 Å². The molecule has 1 aromatic rings. The Bertz CT molecular complexity index is 511. The predicted octanol–water partition coefficient (Wildman–Crippen LogP) is 1.78. The number of benzene rings is 1. The van der Waals surface area contributed by atoms with Gasteiger partial charge in [0.25, 0.3) is 0 Å². The normalized spacial score (nSPS) is 23.4. The summed E-state index contributed by atoms with van der Waals surface area (Å²) in [6.07, 6.45) is 3.68. The number of nitrogen functional groups attached to an aromatic ring is 1. The zero-order valence-electron chi connectivity index (χ0n) is 11.6. The van der Waals surface area contributed by atoms with E-state index in [0.29, 0.717) is 6.04 Å². The molecule has 0 saturated carbocycles. The van der Waals surface area contributed by atoms with E-state index in [-0.39, 0.29) is 11.4 Å². The fourth-order valence-corrected chi connectivity index (χ4v) is 3.41. The highest BCUT2D eigenvalue weighted by Crippen LogP contribution is 2.29. The summed E-state index contributed by atoms with van der Waals surface area (Å²) in [6.45, 7) is 4.18. The van der Waals surface area contributed by atoms with Gasteiger partial charge in [-0.15, -0.1) is 0 Å². The zero-order valence-corrected chi connectivity index (χ0v) is 11.6. The van der Waals surface area contributed by atoms with Gasteiger partial charge < -0.3 is 10.6 Å². The number of amidine groups is 1. The molecule has 2 aliphatic rings. The van der Waals surface area contributed by atoms with Gasteiger partial charge in [-0.3, -0.25) is 10.3 Å². The summed E-state index contributed by atoms with van der Waals surface area (Å²) < 4.78 is 13.9. The van der Waals surface area contributed by atoms with Crippen molar-refractivity contribution in [1.29, 1.82) is 5.41 Å². The lowest BCUT2D eigenvalue weighted by Crippen LogP contribution is -2.35. The maximum atomic E-state index is 13.9. The molecule has 0 radical (unpaired) electrons.